The van der Waals surface area contributed by atoms with E-state index in [4.69, 9.17) is 0 Å². The summed E-state index contributed by atoms with van der Waals surface area (Å²) in [6.45, 7) is 0.736. The van der Waals surface area contributed by atoms with Crippen LogP contribution >= 0.6 is 11.3 Å². The number of nitrogens with one attached hydrogen (secondary N) is 1. The second-order valence-corrected chi connectivity index (χ2v) is 6.55. The zero-order valence-corrected chi connectivity index (χ0v) is 12.6. The Morgan fingerprint density at radius 3 is 3.23 bits per heavy atom. The minimum absolute atomic E-state index is 0.0873. The number of nitrogens with zero attached hydrogens (tertiary/aromatic N) is 2. The lowest BCUT2D eigenvalue weighted by molar-refractivity contribution is 0.0932. The second kappa shape index (κ2) is 5.21. The fourth-order valence-electron chi connectivity index (χ4n) is 2.88. The summed E-state index contributed by atoms with van der Waals surface area (Å²) in [5.41, 5.74) is 0. The van der Waals surface area contributed by atoms with Crippen molar-refractivity contribution in [2.75, 3.05) is 0 Å². The van der Waals surface area contributed by atoms with E-state index in [2.05, 4.69) is 14.9 Å². The van der Waals surface area contributed by atoms with E-state index in [1.54, 1.807) is 18.3 Å². The lowest BCUT2D eigenvalue weighted by Gasteiger charge is -2.24. The van der Waals surface area contributed by atoms with Crippen LogP contribution in [0.3, 0.4) is 0 Å². The van der Waals surface area contributed by atoms with Crippen LogP contribution in [0, 0.1) is 5.82 Å². The molecule has 0 fully saturated rings. The van der Waals surface area contributed by atoms with Crippen LogP contribution < -0.4 is 5.32 Å². The first-order valence-electron chi connectivity index (χ1n) is 7.19. The minimum atomic E-state index is -0.284. The smallest absolute Gasteiger partial charge is 0.261 e. The van der Waals surface area contributed by atoms with Crippen LogP contribution in [0.2, 0.25) is 0 Å². The molecule has 1 aliphatic rings. The molecule has 22 heavy (non-hydrogen) atoms. The van der Waals surface area contributed by atoms with Gasteiger partial charge in [0.2, 0.25) is 0 Å². The highest BCUT2D eigenvalue weighted by atomic mass is 32.1. The standard InChI is InChI=1S/C16H14FN3OS/c17-12-2-1-3-13-11(12)8-14(22-13)16(21)19-10-4-5-15-18-6-7-20(15)9-10/h1-3,6-8,10H,4-5,9H2,(H,19,21)/t10-/m0/s1. The van der Waals surface area contributed by atoms with Gasteiger partial charge in [-0.2, -0.15) is 0 Å². The Labute approximate surface area is 130 Å². The van der Waals surface area contributed by atoms with Gasteiger partial charge in [-0.3, -0.25) is 4.79 Å². The number of fused-ring (bicyclic) bond motifs is 2. The number of carbonyl (C=O) groups is 1. The minimum Gasteiger partial charge on any atom is -0.347 e. The first-order valence-corrected chi connectivity index (χ1v) is 8.01. The number of aromatic nitrogens is 2. The molecule has 0 saturated carbocycles. The predicted molar refractivity (Wildman–Crippen MR) is 83.6 cm³/mol. The third-order valence-corrected chi connectivity index (χ3v) is 5.10. The van der Waals surface area contributed by atoms with Crippen LogP contribution in [0.25, 0.3) is 10.1 Å². The maximum Gasteiger partial charge on any atom is 0.261 e. The summed E-state index contributed by atoms with van der Waals surface area (Å²) in [5, 5.41) is 3.56. The van der Waals surface area contributed by atoms with E-state index < -0.39 is 0 Å². The molecular formula is C16H14FN3OS. The maximum absolute atomic E-state index is 13.7. The molecule has 1 N–H and O–H groups in total. The molecule has 2 aromatic heterocycles. The van der Waals surface area contributed by atoms with Gasteiger partial charge in [-0.1, -0.05) is 6.07 Å². The Hall–Kier alpha value is -2.21. The number of aryl methyl sites for hydroxylation is 1. The Bertz CT molecular complexity index is 854. The molecule has 3 heterocycles. The van der Waals surface area contributed by atoms with Crippen LogP contribution in [-0.2, 0) is 13.0 Å². The van der Waals surface area contributed by atoms with Crippen LogP contribution in [-0.4, -0.2) is 21.5 Å². The van der Waals surface area contributed by atoms with E-state index in [0.29, 0.717) is 10.3 Å². The largest absolute Gasteiger partial charge is 0.347 e. The molecule has 3 aromatic rings. The molecule has 6 heteroatoms. The van der Waals surface area contributed by atoms with Crippen molar-refractivity contribution in [1.29, 1.82) is 0 Å². The van der Waals surface area contributed by atoms with Crippen molar-refractivity contribution in [3.63, 3.8) is 0 Å². The molecule has 4 nitrogen and oxygen atoms in total. The number of hydrogen-bond acceptors (Lipinski definition) is 3. The molecule has 112 valence electrons. The second-order valence-electron chi connectivity index (χ2n) is 5.47. The fourth-order valence-corrected chi connectivity index (χ4v) is 3.86. The average Bonchev–Trinajstić information content (AvgIpc) is 3.13. The van der Waals surface area contributed by atoms with E-state index in [1.165, 1.54) is 17.4 Å². The molecule has 0 radical (unpaired) electrons. The quantitative estimate of drug-likeness (QED) is 0.790. The molecular weight excluding hydrogens is 301 g/mol. The van der Waals surface area contributed by atoms with Crippen molar-refractivity contribution in [2.24, 2.45) is 0 Å². The van der Waals surface area contributed by atoms with Crippen molar-refractivity contribution in [2.45, 2.75) is 25.4 Å². The molecule has 1 aromatic carbocycles. The van der Waals surface area contributed by atoms with Gasteiger partial charge in [0.15, 0.2) is 0 Å². The molecule has 1 atom stereocenters. The lowest BCUT2D eigenvalue weighted by Crippen LogP contribution is -2.40. The average molecular weight is 315 g/mol. The number of thiophene rings is 1. The van der Waals surface area contributed by atoms with Gasteiger partial charge in [-0.15, -0.1) is 11.3 Å². The molecule has 1 aliphatic heterocycles. The van der Waals surface area contributed by atoms with Gasteiger partial charge in [-0.25, -0.2) is 9.37 Å². The van der Waals surface area contributed by atoms with Gasteiger partial charge in [0, 0.05) is 41.5 Å². The van der Waals surface area contributed by atoms with E-state index in [9.17, 15) is 9.18 Å². The van der Waals surface area contributed by atoms with Gasteiger partial charge >= 0.3 is 0 Å². The van der Waals surface area contributed by atoms with Crippen molar-refractivity contribution < 1.29 is 9.18 Å². The molecule has 1 amide bonds. The Morgan fingerprint density at radius 1 is 1.45 bits per heavy atom. The van der Waals surface area contributed by atoms with E-state index in [-0.39, 0.29) is 17.8 Å². The Kier molecular flexibility index (Phi) is 3.18. The highest BCUT2D eigenvalue weighted by Gasteiger charge is 2.22. The highest BCUT2D eigenvalue weighted by molar-refractivity contribution is 7.20. The molecule has 0 spiro atoms. The van der Waals surface area contributed by atoms with E-state index in [0.717, 1.165) is 29.9 Å². The number of amides is 1. The van der Waals surface area contributed by atoms with E-state index >= 15 is 0 Å². The predicted octanol–water partition coefficient (Wildman–Crippen LogP) is 2.98. The molecule has 0 unspecified atom stereocenters. The summed E-state index contributed by atoms with van der Waals surface area (Å²) in [4.78, 5) is 17.2. The lowest BCUT2D eigenvalue weighted by atomic mass is 10.1. The molecule has 0 bridgehead atoms. The van der Waals surface area contributed by atoms with Crippen LogP contribution in [0.4, 0.5) is 4.39 Å². The van der Waals surface area contributed by atoms with E-state index in [1.807, 2.05) is 12.3 Å². The van der Waals surface area contributed by atoms with Crippen molar-refractivity contribution >= 4 is 27.3 Å². The van der Waals surface area contributed by atoms with Gasteiger partial charge < -0.3 is 9.88 Å². The monoisotopic (exact) mass is 315 g/mol. The first kappa shape index (κ1) is 13.5. The highest BCUT2D eigenvalue weighted by Crippen LogP contribution is 2.27. The summed E-state index contributed by atoms with van der Waals surface area (Å²) < 4.78 is 16.6. The molecule has 0 aliphatic carbocycles. The Balaban J connectivity index is 1.53. The molecule has 4 rings (SSSR count). The van der Waals surface area contributed by atoms with Crippen molar-refractivity contribution in [3.05, 3.63) is 53.2 Å². The molecule has 0 saturated heterocycles. The van der Waals surface area contributed by atoms with Crippen molar-refractivity contribution in [3.8, 4) is 0 Å². The SMILES string of the molecule is O=C(N[C@H]1CCc2nccn2C1)c1cc2c(F)cccc2s1. The zero-order chi connectivity index (χ0) is 15.1. The Morgan fingerprint density at radius 2 is 2.36 bits per heavy atom. The van der Waals surface area contributed by atoms with Crippen LogP contribution in [0.1, 0.15) is 21.9 Å². The number of halogens is 1. The topological polar surface area (TPSA) is 46.9 Å². The van der Waals surface area contributed by atoms with Gasteiger partial charge in [-0.05, 0) is 24.6 Å². The number of carbonyl (C=O) groups excluding carboxylic acids is 1. The normalized spacial score (nSPS) is 17.4. The first-order chi connectivity index (χ1) is 10.7. The number of benzene rings is 1. The maximum atomic E-state index is 13.7. The third kappa shape index (κ3) is 2.29. The van der Waals surface area contributed by atoms with Crippen LogP contribution in [0.5, 0.6) is 0 Å². The summed E-state index contributed by atoms with van der Waals surface area (Å²) in [6, 6.07) is 6.63. The zero-order valence-electron chi connectivity index (χ0n) is 11.8. The fraction of sp³-hybridized carbons (Fsp3) is 0.250. The number of imidazole rings is 1. The van der Waals surface area contributed by atoms with Crippen LogP contribution in [0.15, 0.2) is 36.7 Å². The summed E-state index contributed by atoms with van der Waals surface area (Å²) in [6.07, 6.45) is 5.46. The van der Waals surface area contributed by atoms with Gasteiger partial charge in [0.25, 0.3) is 5.91 Å². The van der Waals surface area contributed by atoms with Crippen molar-refractivity contribution in [1.82, 2.24) is 14.9 Å². The third-order valence-electron chi connectivity index (χ3n) is 4.00. The van der Waals surface area contributed by atoms with Gasteiger partial charge in [0.1, 0.15) is 11.6 Å². The number of hydrogen-bond donors (Lipinski definition) is 1. The van der Waals surface area contributed by atoms with Gasteiger partial charge in [0.05, 0.1) is 4.88 Å². The summed E-state index contributed by atoms with van der Waals surface area (Å²) in [7, 11) is 0. The summed E-state index contributed by atoms with van der Waals surface area (Å²) >= 11 is 1.32. The number of rotatable bonds is 2. The summed E-state index contributed by atoms with van der Waals surface area (Å²) in [5.74, 6) is 0.650.